The second-order valence-corrected chi connectivity index (χ2v) is 4.38. The summed E-state index contributed by atoms with van der Waals surface area (Å²) in [5.41, 5.74) is 0. The lowest BCUT2D eigenvalue weighted by Crippen LogP contribution is -2.28. The van der Waals surface area contributed by atoms with Crippen molar-refractivity contribution in [3.63, 3.8) is 0 Å². The molecule has 0 radical (unpaired) electrons. The minimum absolute atomic E-state index is 0.332. The van der Waals surface area contributed by atoms with E-state index in [2.05, 4.69) is 31.3 Å². The van der Waals surface area contributed by atoms with Crippen molar-refractivity contribution in [3.05, 3.63) is 12.2 Å². The smallest absolute Gasteiger partial charge is 0.0671 e. The van der Waals surface area contributed by atoms with E-state index in [-0.39, 0.29) is 0 Å². The summed E-state index contributed by atoms with van der Waals surface area (Å²) >= 11 is 0. The van der Waals surface area contributed by atoms with E-state index in [9.17, 15) is 0 Å². The molecule has 0 heterocycles. The summed E-state index contributed by atoms with van der Waals surface area (Å²) in [5.74, 6) is 1.50. The second kappa shape index (κ2) is 6.20. The molecule has 2 heteroatoms. The maximum Gasteiger partial charge on any atom is 0.0671 e. The Morgan fingerprint density at radius 2 is 2.14 bits per heavy atom. The lowest BCUT2D eigenvalue weighted by atomic mass is 9.85. The molecule has 0 aromatic heterocycles. The van der Waals surface area contributed by atoms with Crippen LogP contribution >= 0.6 is 0 Å². The first-order valence-corrected chi connectivity index (χ1v) is 5.65. The SMILES string of the molecule is CNCC(C)OCC1CC=CCC1C. The number of hydrogen-bond acceptors (Lipinski definition) is 2. The van der Waals surface area contributed by atoms with Gasteiger partial charge in [-0.05, 0) is 38.6 Å². The van der Waals surface area contributed by atoms with Crippen molar-refractivity contribution in [3.8, 4) is 0 Å². The predicted octanol–water partition coefficient (Wildman–Crippen LogP) is 2.21. The van der Waals surface area contributed by atoms with E-state index < -0.39 is 0 Å². The summed E-state index contributed by atoms with van der Waals surface area (Å²) in [6.45, 7) is 6.30. The lowest BCUT2D eigenvalue weighted by Gasteiger charge is -2.26. The van der Waals surface area contributed by atoms with Crippen LogP contribution in [0.15, 0.2) is 12.2 Å². The van der Waals surface area contributed by atoms with Crippen LogP contribution in [0, 0.1) is 11.8 Å². The minimum atomic E-state index is 0.332. The van der Waals surface area contributed by atoms with Crippen molar-refractivity contribution in [1.82, 2.24) is 5.32 Å². The fourth-order valence-electron chi connectivity index (χ4n) is 1.87. The van der Waals surface area contributed by atoms with Gasteiger partial charge in [0.15, 0.2) is 0 Å². The van der Waals surface area contributed by atoms with E-state index >= 15 is 0 Å². The van der Waals surface area contributed by atoms with Crippen LogP contribution in [0.3, 0.4) is 0 Å². The third kappa shape index (κ3) is 3.81. The zero-order valence-electron chi connectivity index (χ0n) is 9.62. The monoisotopic (exact) mass is 197 g/mol. The van der Waals surface area contributed by atoms with Crippen LogP contribution in [0.4, 0.5) is 0 Å². The molecule has 3 atom stereocenters. The summed E-state index contributed by atoms with van der Waals surface area (Å²) in [5, 5.41) is 3.13. The Kier molecular flexibility index (Phi) is 5.20. The normalized spacial score (nSPS) is 29.1. The Morgan fingerprint density at radius 3 is 2.79 bits per heavy atom. The average Bonchev–Trinajstić information content (AvgIpc) is 2.17. The Bertz CT molecular complexity index is 179. The maximum atomic E-state index is 5.80. The number of nitrogens with one attached hydrogen (secondary N) is 1. The zero-order valence-corrected chi connectivity index (χ0v) is 9.62. The van der Waals surface area contributed by atoms with Crippen LogP contribution in [-0.2, 0) is 4.74 Å². The summed E-state index contributed by atoms with van der Waals surface area (Å²) in [4.78, 5) is 0. The Morgan fingerprint density at radius 1 is 1.43 bits per heavy atom. The summed E-state index contributed by atoms with van der Waals surface area (Å²) in [6, 6.07) is 0. The van der Waals surface area contributed by atoms with Gasteiger partial charge in [0.1, 0.15) is 0 Å². The van der Waals surface area contributed by atoms with Gasteiger partial charge in [-0.25, -0.2) is 0 Å². The van der Waals surface area contributed by atoms with E-state index in [1.807, 2.05) is 7.05 Å². The predicted molar refractivity (Wildman–Crippen MR) is 60.4 cm³/mol. The molecule has 2 nitrogen and oxygen atoms in total. The first kappa shape index (κ1) is 11.7. The highest BCUT2D eigenvalue weighted by Gasteiger charge is 2.18. The zero-order chi connectivity index (χ0) is 10.4. The average molecular weight is 197 g/mol. The molecule has 0 saturated heterocycles. The van der Waals surface area contributed by atoms with Crippen molar-refractivity contribution in [2.24, 2.45) is 11.8 Å². The molecule has 1 aliphatic carbocycles. The largest absolute Gasteiger partial charge is 0.377 e. The number of allylic oxidation sites excluding steroid dienone is 2. The van der Waals surface area contributed by atoms with Crippen molar-refractivity contribution in [1.29, 1.82) is 0 Å². The van der Waals surface area contributed by atoms with Gasteiger partial charge in [-0.15, -0.1) is 0 Å². The number of hydrogen-bond donors (Lipinski definition) is 1. The molecule has 1 N–H and O–H groups in total. The first-order chi connectivity index (χ1) is 6.74. The molecule has 0 aromatic rings. The summed E-state index contributed by atoms with van der Waals surface area (Å²) < 4.78 is 5.80. The van der Waals surface area contributed by atoms with Crippen LogP contribution in [-0.4, -0.2) is 26.3 Å². The lowest BCUT2D eigenvalue weighted by molar-refractivity contribution is 0.0279. The van der Waals surface area contributed by atoms with Crippen LogP contribution in [0.2, 0.25) is 0 Å². The van der Waals surface area contributed by atoms with Gasteiger partial charge in [-0.2, -0.15) is 0 Å². The van der Waals surface area contributed by atoms with Gasteiger partial charge in [0, 0.05) is 6.54 Å². The van der Waals surface area contributed by atoms with Gasteiger partial charge in [-0.1, -0.05) is 19.1 Å². The van der Waals surface area contributed by atoms with Crippen molar-refractivity contribution in [2.75, 3.05) is 20.2 Å². The number of ether oxygens (including phenoxy) is 1. The van der Waals surface area contributed by atoms with Gasteiger partial charge >= 0.3 is 0 Å². The highest BCUT2D eigenvalue weighted by atomic mass is 16.5. The molecule has 0 aromatic carbocycles. The van der Waals surface area contributed by atoms with Crippen LogP contribution in [0.5, 0.6) is 0 Å². The van der Waals surface area contributed by atoms with Gasteiger partial charge in [0.25, 0.3) is 0 Å². The van der Waals surface area contributed by atoms with Gasteiger partial charge in [0.2, 0.25) is 0 Å². The van der Waals surface area contributed by atoms with Crippen molar-refractivity contribution >= 4 is 0 Å². The van der Waals surface area contributed by atoms with Crippen molar-refractivity contribution < 1.29 is 4.74 Å². The molecule has 0 fully saturated rings. The minimum Gasteiger partial charge on any atom is -0.377 e. The quantitative estimate of drug-likeness (QED) is 0.682. The molecular weight excluding hydrogens is 174 g/mol. The summed E-state index contributed by atoms with van der Waals surface area (Å²) in [7, 11) is 1.96. The van der Waals surface area contributed by atoms with Gasteiger partial charge in [-0.3, -0.25) is 0 Å². The van der Waals surface area contributed by atoms with Gasteiger partial charge in [0.05, 0.1) is 12.7 Å². The maximum absolute atomic E-state index is 5.80. The van der Waals surface area contributed by atoms with Crippen LogP contribution < -0.4 is 5.32 Å². The molecule has 0 aliphatic heterocycles. The number of likely N-dealkylation sites (N-methyl/N-ethyl adjacent to an activating group) is 1. The molecule has 0 spiro atoms. The highest BCUT2D eigenvalue weighted by molar-refractivity contribution is 4.93. The fourth-order valence-corrected chi connectivity index (χ4v) is 1.87. The van der Waals surface area contributed by atoms with Crippen molar-refractivity contribution in [2.45, 2.75) is 32.8 Å². The van der Waals surface area contributed by atoms with E-state index in [4.69, 9.17) is 4.74 Å². The van der Waals surface area contributed by atoms with E-state index in [1.54, 1.807) is 0 Å². The standard InChI is InChI=1S/C12H23NO/c1-10-6-4-5-7-12(10)9-14-11(2)8-13-3/h4-5,10-13H,6-9H2,1-3H3. The molecule has 14 heavy (non-hydrogen) atoms. The third-order valence-electron chi connectivity index (χ3n) is 3.00. The van der Waals surface area contributed by atoms with E-state index in [1.165, 1.54) is 12.8 Å². The Balaban J connectivity index is 2.20. The molecule has 0 amide bonds. The Labute approximate surface area is 87.7 Å². The first-order valence-electron chi connectivity index (χ1n) is 5.65. The molecule has 0 saturated carbocycles. The molecule has 82 valence electrons. The Hall–Kier alpha value is -0.340. The van der Waals surface area contributed by atoms with Crippen LogP contribution in [0.1, 0.15) is 26.7 Å². The molecule has 0 bridgehead atoms. The molecule has 1 rings (SSSR count). The molecule has 1 aliphatic rings. The third-order valence-corrected chi connectivity index (χ3v) is 3.00. The second-order valence-electron chi connectivity index (χ2n) is 4.38. The summed E-state index contributed by atoms with van der Waals surface area (Å²) in [6.07, 6.45) is 7.31. The molecular formula is C12H23NO. The number of rotatable bonds is 5. The van der Waals surface area contributed by atoms with Gasteiger partial charge < -0.3 is 10.1 Å². The fraction of sp³-hybridized carbons (Fsp3) is 0.833. The topological polar surface area (TPSA) is 21.3 Å². The van der Waals surface area contributed by atoms with E-state index in [0.717, 1.165) is 25.0 Å². The van der Waals surface area contributed by atoms with E-state index in [0.29, 0.717) is 6.10 Å². The van der Waals surface area contributed by atoms with Crippen LogP contribution in [0.25, 0.3) is 0 Å². The molecule has 3 unspecified atom stereocenters. The highest BCUT2D eigenvalue weighted by Crippen LogP contribution is 2.25.